The SMILES string of the molecule is CCCC1=C([Se]c2ccccc2)C(c2ccc(Br)cc2)OC1=O. The number of hydrogen-bond donors (Lipinski definition) is 0. The summed E-state index contributed by atoms with van der Waals surface area (Å²) in [5, 5.41) is 0. The normalized spacial score (nSPS) is 17.5. The molecular formula is C19H17BrO2Se. The van der Waals surface area contributed by atoms with Crippen LogP contribution in [0.25, 0.3) is 0 Å². The molecule has 2 aromatic rings. The van der Waals surface area contributed by atoms with E-state index in [1.165, 1.54) is 4.46 Å². The number of halogens is 1. The molecular weight excluding hydrogens is 419 g/mol. The molecule has 1 aliphatic rings. The average molecular weight is 436 g/mol. The van der Waals surface area contributed by atoms with E-state index in [-0.39, 0.29) is 27.0 Å². The zero-order valence-corrected chi connectivity index (χ0v) is 16.1. The molecule has 0 N–H and O–H groups in total. The van der Waals surface area contributed by atoms with Gasteiger partial charge in [-0.15, -0.1) is 0 Å². The van der Waals surface area contributed by atoms with E-state index >= 15 is 0 Å². The number of benzene rings is 2. The Morgan fingerprint density at radius 2 is 1.78 bits per heavy atom. The first-order valence-electron chi connectivity index (χ1n) is 7.61. The van der Waals surface area contributed by atoms with Crippen LogP contribution in [0, 0.1) is 0 Å². The molecule has 0 bridgehead atoms. The first-order chi connectivity index (χ1) is 11.2. The van der Waals surface area contributed by atoms with Crippen LogP contribution in [-0.4, -0.2) is 20.9 Å². The molecule has 2 aromatic carbocycles. The van der Waals surface area contributed by atoms with Crippen molar-refractivity contribution in [3.63, 3.8) is 0 Å². The molecule has 1 aliphatic heterocycles. The van der Waals surface area contributed by atoms with Crippen LogP contribution in [0.3, 0.4) is 0 Å². The summed E-state index contributed by atoms with van der Waals surface area (Å²) < 4.78 is 9.18. The molecule has 0 saturated heterocycles. The Morgan fingerprint density at radius 1 is 1.09 bits per heavy atom. The second-order valence-corrected chi connectivity index (χ2v) is 8.60. The fraction of sp³-hybridized carbons (Fsp3) is 0.211. The van der Waals surface area contributed by atoms with Crippen LogP contribution in [0.2, 0.25) is 0 Å². The van der Waals surface area contributed by atoms with Gasteiger partial charge in [-0.3, -0.25) is 0 Å². The summed E-state index contributed by atoms with van der Waals surface area (Å²) >= 11 is 3.55. The molecule has 0 fully saturated rings. The number of ether oxygens (including phenoxy) is 1. The summed E-state index contributed by atoms with van der Waals surface area (Å²) in [6.07, 6.45) is 1.50. The van der Waals surface area contributed by atoms with Gasteiger partial charge in [0.2, 0.25) is 0 Å². The van der Waals surface area contributed by atoms with Crippen molar-refractivity contribution in [3.05, 3.63) is 74.7 Å². The first-order valence-corrected chi connectivity index (χ1v) is 10.1. The fourth-order valence-corrected chi connectivity index (χ4v) is 5.22. The molecule has 3 rings (SSSR count). The topological polar surface area (TPSA) is 26.3 Å². The molecule has 0 saturated carbocycles. The summed E-state index contributed by atoms with van der Waals surface area (Å²) in [7, 11) is 0. The van der Waals surface area contributed by atoms with Gasteiger partial charge in [-0.1, -0.05) is 0 Å². The van der Waals surface area contributed by atoms with Gasteiger partial charge in [0, 0.05) is 0 Å². The third-order valence-corrected chi connectivity index (χ3v) is 6.67. The third-order valence-electron chi connectivity index (χ3n) is 3.65. The molecule has 4 heteroatoms. The Hall–Kier alpha value is -1.35. The zero-order chi connectivity index (χ0) is 16.2. The van der Waals surface area contributed by atoms with Crippen molar-refractivity contribution in [1.82, 2.24) is 0 Å². The number of carbonyl (C=O) groups is 1. The van der Waals surface area contributed by atoms with Crippen LogP contribution in [0.4, 0.5) is 0 Å². The second kappa shape index (κ2) is 7.48. The van der Waals surface area contributed by atoms with E-state index in [2.05, 4.69) is 35.0 Å². The van der Waals surface area contributed by atoms with Gasteiger partial charge >= 0.3 is 151 Å². The van der Waals surface area contributed by atoms with E-state index in [9.17, 15) is 4.79 Å². The number of hydrogen-bond acceptors (Lipinski definition) is 2. The summed E-state index contributed by atoms with van der Waals surface area (Å²) in [6.45, 7) is 2.10. The quantitative estimate of drug-likeness (QED) is 0.521. The predicted molar refractivity (Wildman–Crippen MR) is 96.7 cm³/mol. The van der Waals surface area contributed by atoms with Crippen molar-refractivity contribution < 1.29 is 9.53 Å². The van der Waals surface area contributed by atoms with Crippen molar-refractivity contribution >= 4 is 41.3 Å². The molecule has 0 amide bonds. The van der Waals surface area contributed by atoms with Gasteiger partial charge in [0.1, 0.15) is 0 Å². The molecule has 0 aromatic heterocycles. The van der Waals surface area contributed by atoms with Gasteiger partial charge in [-0.2, -0.15) is 0 Å². The Balaban J connectivity index is 1.98. The van der Waals surface area contributed by atoms with Gasteiger partial charge in [-0.25, -0.2) is 0 Å². The maximum absolute atomic E-state index is 12.3. The van der Waals surface area contributed by atoms with Crippen LogP contribution < -0.4 is 4.46 Å². The standard InChI is InChI=1S/C19H17BrO2Se/c1-2-6-16-18(23-15-7-4-3-5-8-15)17(22-19(16)21)13-9-11-14(20)12-10-13/h3-5,7-12,17H,2,6H2,1H3. The zero-order valence-electron chi connectivity index (χ0n) is 12.8. The Morgan fingerprint density at radius 3 is 2.43 bits per heavy atom. The molecule has 0 radical (unpaired) electrons. The van der Waals surface area contributed by atoms with Crippen molar-refractivity contribution in [3.8, 4) is 0 Å². The summed E-state index contributed by atoms with van der Waals surface area (Å²) in [5.41, 5.74) is 1.92. The van der Waals surface area contributed by atoms with Gasteiger partial charge in [0.05, 0.1) is 0 Å². The van der Waals surface area contributed by atoms with Gasteiger partial charge < -0.3 is 0 Å². The second-order valence-electron chi connectivity index (χ2n) is 5.34. The average Bonchev–Trinajstić information content (AvgIpc) is 2.86. The maximum atomic E-state index is 12.3. The van der Waals surface area contributed by atoms with Crippen molar-refractivity contribution in [2.75, 3.05) is 0 Å². The van der Waals surface area contributed by atoms with E-state index in [1.807, 2.05) is 42.5 Å². The van der Waals surface area contributed by atoms with E-state index < -0.39 is 0 Å². The van der Waals surface area contributed by atoms with E-state index in [1.54, 1.807) is 0 Å². The number of rotatable bonds is 5. The third kappa shape index (κ3) is 3.77. The first kappa shape index (κ1) is 16.5. The predicted octanol–water partition coefficient (Wildman–Crippen LogP) is 4.13. The van der Waals surface area contributed by atoms with Crippen LogP contribution in [0.15, 0.2) is 69.1 Å². The van der Waals surface area contributed by atoms with E-state index in [0.717, 1.165) is 32.9 Å². The summed E-state index contributed by atoms with van der Waals surface area (Å²) in [4.78, 5) is 12.3. The molecule has 1 unspecified atom stereocenters. The Labute approximate surface area is 151 Å². The number of cyclic esters (lactones) is 1. The Bertz CT molecular complexity index is 723. The van der Waals surface area contributed by atoms with Crippen LogP contribution >= 0.6 is 15.9 Å². The number of esters is 1. The fourth-order valence-electron chi connectivity index (χ4n) is 2.55. The van der Waals surface area contributed by atoms with Crippen LogP contribution in [0.5, 0.6) is 0 Å². The minimum absolute atomic E-state index is 0.0929. The molecule has 1 atom stereocenters. The summed E-state index contributed by atoms with van der Waals surface area (Å²) in [6, 6.07) is 18.4. The minimum atomic E-state index is -0.239. The summed E-state index contributed by atoms with van der Waals surface area (Å²) in [5.74, 6) is -0.146. The monoisotopic (exact) mass is 436 g/mol. The van der Waals surface area contributed by atoms with Crippen molar-refractivity contribution in [1.29, 1.82) is 0 Å². The van der Waals surface area contributed by atoms with Crippen LogP contribution in [-0.2, 0) is 9.53 Å². The molecule has 23 heavy (non-hydrogen) atoms. The molecule has 0 spiro atoms. The van der Waals surface area contributed by atoms with Crippen molar-refractivity contribution in [2.24, 2.45) is 0 Å². The van der Waals surface area contributed by atoms with Gasteiger partial charge in [-0.05, 0) is 0 Å². The van der Waals surface area contributed by atoms with E-state index in [4.69, 9.17) is 4.74 Å². The molecule has 118 valence electrons. The van der Waals surface area contributed by atoms with Gasteiger partial charge in [0.25, 0.3) is 0 Å². The molecule has 2 nitrogen and oxygen atoms in total. The van der Waals surface area contributed by atoms with E-state index in [0.29, 0.717) is 0 Å². The molecule has 1 heterocycles. The number of carbonyl (C=O) groups excluding carboxylic acids is 1. The van der Waals surface area contributed by atoms with Gasteiger partial charge in [0.15, 0.2) is 0 Å². The van der Waals surface area contributed by atoms with Crippen LogP contribution in [0.1, 0.15) is 31.4 Å². The van der Waals surface area contributed by atoms with Crippen molar-refractivity contribution in [2.45, 2.75) is 25.9 Å². The Kier molecular flexibility index (Phi) is 5.37. The molecule has 0 aliphatic carbocycles.